The number of nitro benzene ring substituents is 1. The molecule has 0 radical (unpaired) electrons. The van der Waals surface area contributed by atoms with Gasteiger partial charge in [-0.3, -0.25) is 10.1 Å². The van der Waals surface area contributed by atoms with E-state index in [4.69, 9.17) is 10.5 Å². The third kappa shape index (κ3) is 3.59. The van der Waals surface area contributed by atoms with Gasteiger partial charge in [0.1, 0.15) is 5.75 Å². The minimum Gasteiger partial charge on any atom is -0.449 e. The molecule has 0 spiro atoms. The van der Waals surface area contributed by atoms with Gasteiger partial charge in [-0.15, -0.1) is 0 Å². The van der Waals surface area contributed by atoms with Gasteiger partial charge in [-0.1, -0.05) is 25.1 Å². The number of hydrogen-bond donors (Lipinski definition) is 1. The molecular formula is C15H15BrN2O3. The maximum atomic E-state index is 11.0. The summed E-state index contributed by atoms with van der Waals surface area (Å²) in [5, 5.41) is 11.0. The molecule has 5 nitrogen and oxygen atoms in total. The fourth-order valence-corrected chi connectivity index (χ4v) is 2.32. The summed E-state index contributed by atoms with van der Waals surface area (Å²) in [6, 6.07) is 11.9. The molecule has 0 unspecified atom stereocenters. The molecule has 0 aliphatic rings. The number of benzene rings is 2. The van der Waals surface area contributed by atoms with Gasteiger partial charge in [0.05, 0.1) is 9.40 Å². The van der Waals surface area contributed by atoms with Crippen molar-refractivity contribution in [2.75, 3.05) is 0 Å². The summed E-state index contributed by atoms with van der Waals surface area (Å²) in [4.78, 5) is 10.6. The molecule has 0 aliphatic carbocycles. The molecule has 2 aromatic rings. The topological polar surface area (TPSA) is 78.4 Å². The third-order valence-corrected chi connectivity index (χ3v) is 3.74. The Bertz CT molecular complexity index is 644. The van der Waals surface area contributed by atoms with Crippen LogP contribution in [-0.2, 0) is 0 Å². The summed E-state index contributed by atoms with van der Waals surface area (Å²) < 4.78 is 6.17. The fourth-order valence-electron chi connectivity index (χ4n) is 1.88. The minimum atomic E-state index is -0.471. The van der Waals surface area contributed by atoms with E-state index in [1.54, 1.807) is 24.3 Å². The van der Waals surface area contributed by atoms with Gasteiger partial charge in [0.25, 0.3) is 0 Å². The molecular weight excluding hydrogens is 336 g/mol. The monoisotopic (exact) mass is 350 g/mol. The third-order valence-electron chi connectivity index (χ3n) is 3.11. The Morgan fingerprint density at radius 3 is 2.52 bits per heavy atom. The molecule has 0 bridgehead atoms. The first-order chi connectivity index (χ1) is 10.0. The SMILES string of the molecule is CC[C@H](N)c1ccc(Oc2c(Br)cccc2[N+](=O)[O-])cc1. The van der Waals surface area contributed by atoms with Crippen molar-refractivity contribution in [2.24, 2.45) is 5.73 Å². The van der Waals surface area contributed by atoms with E-state index >= 15 is 0 Å². The second-order valence-corrected chi connectivity index (χ2v) is 5.39. The first-order valence-corrected chi connectivity index (χ1v) is 7.28. The van der Waals surface area contributed by atoms with Gasteiger partial charge < -0.3 is 10.5 Å². The van der Waals surface area contributed by atoms with Crippen LogP contribution in [0.25, 0.3) is 0 Å². The molecule has 110 valence electrons. The summed E-state index contributed by atoms with van der Waals surface area (Å²) in [5.74, 6) is 0.715. The number of ether oxygens (including phenoxy) is 1. The van der Waals surface area contributed by atoms with Crippen molar-refractivity contribution in [1.82, 2.24) is 0 Å². The van der Waals surface area contributed by atoms with E-state index in [0.717, 1.165) is 12.0 Å². The molecule has 0 fully saturated rings. The van der Waals surface area contributed by atoms with Crippen LogP contribution in [0.3, 0.4) is 0 Å². The largest absolute Gasteiger partial charge is 0.449 e. The first-order valence-electron chi connectivity index (χ1n) is 6.49. The molecule has 2 rings (SSSR count). The van der Waals surface area contributed by atoms with Crippen molar-refractivity contribution in [3.05, 3.63) is 62.6 Å². The smallest absolute Gasteiger partial charge is 0.312 e. The molecule has 1 atom stereocenters. The Hall–Kier alpha value is -1.92. The lowest BCUT2D eigenvalue weighted by Crippen LogP contribution is -2.08. The van der Waals surface area contributed by atoms with Crippen LogP contribution in [-0.4, -0.2) is 4.92 Å². The van der Waals surface area contributed by atoms with Gasteiger partial charge in [-0.05, 0) is 46.1 Å². The van der Waals surface area contributed by atoms with E-state index in [1.165, 1.54) is 6.07 Å². The van der Waals surface area contributed by atoms with Crippen molar-refractivity contribution in [3.63, 3.8) is 0 Å². The maximum absolute atomic E-state index is 11.0. The zero-order valence-electron chi connectivity index (χ0n) is 11.5. The normalized spacial score (nSPS) is 12.0. The molecule has 2 aromatic carbocycles. The number of nitrogens with two attached hydrogens (primary N) is 1. The Balaban J connectivity index is 2.28. The number of para-hydroxylation sites is 1. The zero-order valence-corrected chi connectivity index (χ0v) is 13.0. The molecule has 0 heterocycles. The molecule has 21 heavy (non-hydrogen) atoms. The standard InChI is InChI=1S/C15H15BrN2O3/c1-2-13(17)10-6-8-11(9-7-10)21-15-12(16)4-3-5-14(15)18(19)20/h3-9,13H,2,17H2,1H3/t13-/m0/s1. The summed E-state index contributed by atoms with van der Waals surface area (Å²) in [6.45, 7) is 2.01. The Morgan fingerprint density at radius 1 is 1.29 bits per heavy atom. The van der Waals surface area contributed by atoms with Crippen LogP contribution < -0.4 is 10.5 Å². The average Bonchev–Trinajstić information content (AvgIpc) is 2.49. The van der Waals surface area contributed by atoms with Crippen molar-refractivity contribution in [1.29, 1.82) is 0 Å². The second kappa shape index (κ2) is 6.69. The molecule has 0 saturated heterocycles. The van der Waals surface area contributed by atoms with E-state index in [-0.39, 0.29) is 17.5 Å². The van der Waals surface area contributed by atoms with Gasteiger partial charge in [-0.2, -0.15) is 0 Å². The zero-order chi connectivity index (χ0) is 15.4. The summed E-state index contributed by atoms with van der Waals surface area (Å²) in [6.07, 6.45) is 0.843. The Labute approximate surface area is 131 Å². The van der Waals surface area contributed by atoms with E-state index in [1.807, 2.05) is 19.1 Å². The highest BCUT2D eigenvalue weighted by atomic mass is 79.9. The van der Waals surface area contributed by atoms with Gasteiger partial charge in [-0.25, -0.2) is 0 Å². The maximum Gasteiger partial charge on any atom is 0.312 e. The van der Waals surface area contributed by atoms with E-state index in [2.05, 4.69) is 15.9 Å². The van der Waals surface area contributed by atoms with E-state index in [9.17, 15) is 10.1 Å². The molecule has 0 aromatic heterocycles. The predicted molar refractivity (Wildman–Crippen MR) is 84.5 cm³/mol. The summed E-state index contributed by atoms with van der Waals surface area (Å²) in [7, 11) is 0. The molecule has 0 amide bonds. The van der Waals surface area contributed by atoms with Gasteiger partial charge >= 0.3 is 5.69 Å². The van der Waals surface area contributed by atoms with Gasteiger partial charge in [0.2, 0.25) is 5.75 Å². The predicted octanol–water partition coefficient (Wildman–Crippen LogP) is 4.56. The number of nitro groups is 1. The van der Waals surface area contributed by atoms with E-state index in [0.29, 0.717) is 10.2 Å². The number of rotatable bonds is 5. The molecule has 6 heteroatoms. The van der Waals surface area contributed by atoms with Crippen LogP contribution in [0.2, 0.25) is 0 Å². The summed E-state index contributed by atoms with van der Waals surface area (Å²) >= 11 is 3.27. The molecule has 0 saturated carbocycles. The summed E-state index contributed by atoms with van der Waals surface area (Å²) in [5.41, 5.74) is 6.87. The van der Waals surface area contributed by atoms with Gasteiger partial charge in [0, 0.05) is 12.1 Å². The highest BCUT2D eigenvalue weighted by Gasteiger charge is 2.18. The van der Waals surface area contributed by atoms with Crippen molar-refractivity contribution >= 4 is 21.6 Å². The Kier molecular flexibility index (Phi) is 4.93. The number of halogens is 1. The lowest BCUT2D eigenvalue weighted by molar-refractivity contribution is -0.385. The van der Waals surface area contributed by atoms with Crippen molar-refractivity contribution in [2.45, 2.75) is 19.4 Å². The van der Waals surface area contributed by atoms with Crippen LogP contribution in [0, 0.1) is 10.1 Å². The van der Waals surface area contributed by atoms with Crippen LogP contribution in [0.5, 0.6) is 11.5 Å². The van der Waals surface area contributed by atoms with Crippen LogP contribution in [0.15, 0.2) is 46.9 Å². The first kappa shape index (κ1) is 15.5. The fraction of sp³-hybridized carbons (Fsp3) is 0.200. The lowest BCUT2D eigenvalue weighted by atomic mass is 10.1. The highest BCUT2D eigenvalue weighted by molar-refractivity contribution is 9.10. The lowest BCUT2D eigenvalue weighted by Gasteiger charge is -2.11. The van der Waals surface area contributed by atoms with Crippen molar-refractivity contribution in [3.8, 4) is 11.5 Å². The van der Waals surface area contributed by atoms with Crippen LogP contribution in [0.4, 0.5) is 5.69 Å². The second-order valence-electron chi connectivity index (χ2n) is 4.53. The van der Waals surface area contributed by atoms with Gasteiger partial charge in [0.15, 0.2) is 0 Å². The molecule has 2 N–H and O–H groups in total. The van der Waals surface area contributed by atoms with Crippen LogP contribution >= 0.6 is 15.9 Å². The number of nitrogens with zero attached hydrogens (tertiary/aromatic N) is 1. The highest BCUT2D eigenvalue weighted by Crippen LogP contribution is 2.38. The minimum absolute atomic E-state index is 0.0168. The molecule has 0 aliphatic heterocycles. The average molecular weight is 351 g/mol. The Morgan fingerprint density at radius 2 is 1.95 bits per heavy atom. The van der Waals surface area contributed by atoms with Crippen molar-refractivity contribution < 1.29 is 9.66 Å². The quantitative estimate of drug-likeness (QED) is 0.633. The van der Waals surface area contributed by atoms with E-state index < -0.39 is 4.92 Å². The van der Waals surface area contributed by atoms with Crippen LogP contribution in [0.1, 0.15) is 24.9 Å². The number of hydrogen-bond acceptors (Lipinski definition) is 4.